The number of carbonyl (C=O) groups excluding carboxylic acids is 1. The van der Waals surface area contributed by atoms with Crippen molar-refractivity contribution in [3.05, 3.63) is 11.6 Å². The molecule has 1 amide bonds. The van der Waals surface area contributed by atoms with Crippen LogP contribution in [-0.4, -0.2) is 5.91 Å². The molecule has 0 aliphatic rings. The topological polar surface area (TPSA) is 29.1 Å². The summed E-state index contributed by atoms with van der Waals surface area (Å²) in [6, 6.07) is 0. The Morgan fingerprint density at radius 1 is 1.67 bits per heavy atom. The number of allylic oxidation sites excluding steroid dienone is 1. The Bertz CT molecular complexity index is 129. The molecule has 4 heteroatoms. The Morgan fingerprint density at radius 3 is 2.56 bits per heavy atom. The number of hydrogen-bond acceptors (Lipinski definition) is 3. The first-order valence-corrected chi connectivity index (χ1v) is 4.29. The van der Waals surface area contributed by atoms with Crippen LogP contribution in [0.1, 0.15) is 13.8 Å². The molecule has 2 nitrogen and oxygen atoms in total. The predicted octanol–water partition coefficient (Wildman–Crippen LogP) is 1.56. The van der Waals surface area contributed by atoms with E-state index < -0.39 is 0 Å². The van der Waals surface area contributed by atoms with Gasteiger partial charge in [-0.2, -0.15) is 0 Å². The second kappa shape index (κ2) is 4.76. The van der Waals surface area contributed by atoms with E-state index in [0.29, 0.717) is 0 Å². The van der Waals surface area contributed by atoms with Gasteiger partial charge in [-0.05, 0) is 13.8 Å². The lowest BCUT2D eigenvalue weighted by Gasteiger charge is -1.92. The highest BCUT2D eigenvalue weighted by atomic mass is 33.1. The van der Waals surface area contributed by atoms with Gasteiger partial charge in [-0.25, -0.2) is 0 Å². The highest BCUT2D eigenvalue weighted by Gasteiger charge is 1.90. The van der Waals surface area contributed by atoms with Gasteiger partial charge in [0.1, 0.15) is 0 Å². The zero-order chi connectivity index (χ0) is 7.28. The fraction of sp³-hybridized carbons (Fsp3) is 0.400. The summed E-state index contributed by atoms with van der Waals surface area (Å²) < 4.78 is 2.44. The molecule has 0 rings (SSSR count). The van der Waals surface area contributed by atoms with Crippen LogP contribution in [0.4, 0.5) is 0 Å². The van der Waals surface area contributed by atoms with Gasteiger partial charge in [-0.15, -0.1) is 0 Å². The largest absolute Gasteiger partial charge is 0.288 e. The Kier molecular flexibility index (Phi) is 4.71. The molecule has 0 bridgehead atoms. The first-order valence-electron chi connectivity index (χ1n) is 2.42. The first kappa shape index (κ1) is 8.91. The van der Waals surface area contributed by atoms with Crippen molar-refractivity contribution in [3.8, 4) is 0 Å². The van der Waals surface area contributed by atoms with Crippen molar-refractivity contribution >= 4 is 28.5 Å². The van der Waals surface area contributed by atoms with Crippen LogP contribution in [0.5, 0.6) is 0 Å². The molecular weight excluding hydrogens is 154 g/mol. The van der Waals surface area contributed by atoms with Gasteiger partial charge in [0.15, 0.2) is 0 Å². The van der Waals surface area contributed by atoms with Crippen LogP contribution < -0.4 is 4.72 Å². The Balaban J connectivity index is 3.63. The van der Waals surface area contributed by atoms with E-state index in [0.717, 1.165) is 16.6 Å². The van der Waals surface area contributed by atoms with Crippen molar-refractivity contribution in [1.29, 1.82) is 0 Å². The minimum atomic E-state index is -0.116. The van der Waals surface area contributed by atoms with Gasteiger partial charge in [-0.1, -0.05) is 17.2 Å². The molecule has 0 radical (unpaired) electrons. The van der Waals surface area contributed by atoms with Crippen LogP contribution in [0.3, 0.4) is 0 Å². The van der Waals surface area contributed by atoms with Crippen molar-refractivity contribution in [3.63, 3.8) is 0 Å². The lowest BCUT2D eigenvalue weighted by molar-refractivity contribution is -0.114. The minimum absolute atomic E-state index is 0.116. The van der Waals surface area contributed by atoms with Crippen molar-refractivity contribution in [1.82, 2.24) is 4.72 Å². The molecule has 9 heavy (non-hydrogen) atoms. The molecule has 0 aliphatic carbocycles. The van der Waals surface area contributed by atoms with Crippen LogP contribution in [0.25, 0.3) is 0 Å². The summed E-state index contributed by atoms with van der Waals surface area (Å²) >= 11 is 3.74. The van der Waals surface area contributed by atoms with Crippen LogP contribution in [-0.2, 0) is 4.79 Å². The Labute approximate surface area is 64.0 Å². The third-order valence-electron chi connectivity index (χ3n) is 0.566. The van der Waals surface area contributed by atoms with Gasteiger partial charge >= 0.3 is 0 Å². The maximum Gasteiger partial charge on any atom is 0.254 e. The third-order valence-corrected chi connectivity index (χ3v) is 1.13. The normalized spacial score (nSPS) is 8.33. The van der Waals surface area contributed by atoms with E-state index in [4.69, 9.17) is 0 Å². The maximum absolute atomic E-state index is 10.6. The zero-order valence-electron chi connectivity index (χ0n) is 5.34. The van der Waals surface area contributed by atoms with E-state index in [1.54, 1.807) is 0 Å². The van der Waals surface area contributed by atoms with E-state index >= 15 is 0 Å². The van der Waals surface area contributed by atoms with Gasteiger partial charge < -0.3 is 0 Å². The van der Waals surface area contributed by atoms with E-state index in [1.165, 1.54) is 6.08 Å². The minimum Gasteiger partial charge on any atom is -0.288 e. The number of nitrogens with one attached hydrogen (secondary N) is 1. The molecule has 0 heterocycles. The van der Waals surface area contributed by atoms with Gasteiger partial charge in [0.25, 0.3) is 5.91 Å². The Morgan fingerprint density at radius 2 is 2.22 bits per heavy atom. The summed E-state index contributed by atoms with van der Waals surface area (Å²) in [6.45, 7) is 3.73. The zero-order valence-corrected chi connectivity index (χ0v) is 7.05. The fourth-order valence-electron chi connectivity index (χ4n) is 0.337. The first-order chi connectivity index (χ1) is 4.16. The highest BCUT2D eigenvalue weighted by Crippen LogP contribution is 1.97. The number of hydrogen-bond donors (Lipinski definition) is 2. The Hall–Kier alpha value is -0.0900. The van der Waals surface area contributed by atoms with Crippen molar-refractivity contribution in [2.24, 2.45) is 0 Å². The summed E-state index contributed by atoms with van der Waals surface area (Å²) in [7, 11) is 1.00. The molecule has 0 aromatic rings. The molecule has 0 unspecified atom stereocenters. The third kappa shape index (κ3) is 5.79. The lowest BCUT2D eigenvalue weighted by atomic mass is 10.3. The summed E-state index contributed by atoms with van der Waals surface area (Å²) in [5, 5.41) is 0. The van der Waals surface area contributed by atoms with Gasteiger partial charge in [-0.3, -0.25) is 9.52 Å². The second-order valence-electron chi connectivity index (χ2n) is 1.78. The quantitative estimate of drug-likeness (QED) is 0.280. The molecule has 0 aromatic heterocycles. The number of amides is 1. The predicted molar refractivity (Wildman–Crippen MR) is 44.2 cm³/mol. The van der Waals surface area contributed by atoms with Crippen molar-refractivity contribution in [2.75, 3.05) is 0 Å². The molecule has 0 saturated carbocycles. The second-order valence-corrected chi connectivity index (χ2v) is 2.71. The fourth-order valence-corrected chi connectivity index (χ4v) is 0.755. The monoisotopic (exact) mass is 163 g/mol. The maximum atomic E-state index is 10.6. The summed E-state index contributed by atoms with van der Waals surface area (Å²) in [4.78, 5) is 10.6. The van der Waals surface area contributed by atoms with Crippen LogP contribution in [0.15, 0.2) is 11.6 Å². The number of thiol groups is 1. The lowest BCUT2D eigenvalue weighted by Crippen LogP contribution is -2.10. The summed E-state index contributed by atoms with van der Waals surface area (Å²) in [5.74, 6) is -0.116. The van der Waals surface area contributed by atoms with Gasteiger partial charge in [0.2, 0.25) is 0 Å². The van der Waals surface area contributed by atoms with E-state index in [9.17, 15) is 4.79 Å². The van der Waals surface area contributed by atoms with Gasteiger partial charge in [0, 0.05) is 17.1 Å². The van der Waals surface area contributed by atoms with Crippen molar-refractivity contribution < 1.29 is 4.79 Å². The smallest absolute Gasteiger partial charge is 0.254 e. The van der Waals surface area contributed by atoms with Crippen molar-refractivity contribution in [2.45, 2.75) is 13.8 Å². The molecule has 52 valence electrons. The molecule has 0 aromatic carbocycles. The van der Waals surface area contributed by atoms with Crippen LogP contribution in [0.2, 0.25) is 0 Å². The molecule has 0 saturated heterocycles. The van der Waals surface area contributed by atoms with E-state index in [1.807, 2.05) is 13.8 Å². The standard InChI is InChI=1S/C5H9NOS2/c1-4(2)3-5(7)6-9-8/h3,8H,1-2H3,(H,6,7). The molecular formula is C5H9NOS2. The van der Waals surface area contributed by atoms with E-state index in [-0.39, 0.29) is 5.91 Å². The highest BCUT2D eigenvalue weighted by molar-refractivity contribution is 8.68. The average molecular weight is 163 g/mol. The molecule has 0 fully saturated rings. The summed E-state index contributed by atoms with van der Waals surface area (Å²) in [6.07, 6.45) is 1.52. The SMILES string of the molecule is CC(C)=CC(=O)NSS. The summed E-state index contributed by atoms with van der Waals surface area (Å²) in [5.41, 5.74) is 0.981. The molecule has 1 N–H and O–H groups in total. The molecule has 0 aliphatic heterocycles. The average Bonchev–Trinajstić information content (AvgIpc) is 1.63. The number of carbonyl (C=O) groups is 1. The molecule has 0 atom stereocenters. The van der Waals surface area contributed by atoms with Gasteiger partial charge in [0.05, 0.1) is 0 Å². The number of rotatable bonds is 2. The van der Waals surface area contributed by atoms with Crippen LogP contribution >= 0.6 is 22.6 Å². The van der Waals surface area contributed by atoms with Crippen LogP contribution in [0, 0.1) is 0 Å². The molecule has 0 spiro atoms. The van der Waals surface area contributed by atoms with E-state index in [2.05, 4.69) is 16.4 Å².